The number of carbonyl (C=O) groups excluding carboxylic acids is 1. The molecule has 2 heterocycles. The fourth-order valence-electron chi connectivity index (χ4n) is 3.04. The molecule has 7 heteroatoms. The summed E-state index contributed by atoms with van der Waals surface area (Å²) >= 11 is 1.47. The smallest absolute Gasteiger partial charge is 0.274 e. The molecule has 0 unspecified atom stereocenters. The molecule has 0 atom stereocenters. The molecule has 0 saturated heterocycles. The number of hydrogen-bond acceptors (Lipinski definition) is 3. The summed E-state index contributed by atoms with van der Waals surface area (Å²) < 4.78 is 29.0. The first-order valence-electron chi connectivity index (χ1n) is 8.41. The van der Waals surface area contributed by atoms with Crippen LogP contribution in [0.1, 0.15) is 29.8 Å². The second-order valence-corrected chi connectivity index (χ2v) is 7.35. The van der Waals surface area contributed by atoms with E-state index in [0.717, 1.165) is 30.2 Å². The summed E-state index contributed by atoms with van der Waals surface area (Å²) in [5.74, 6) is -1.57. The highest BCUT2D eigenvalue weighted by Gasteiger charge is 2.29. The third-order valence-corrected chi connectivity index (χ3v) is 5.68. The van der Waals surface area contributed by atoms with Crippen molar-refractivity contribution >= 4 is 17.2 Å². The van der Waals surface area contributed by atoms with Crippen molar-refractivity contribution in [2.75, 3.05) is 7.05 Å². The Kier molecular flexibility index (Phi) is 4.32. The summed E-state index contributed by atoms with van der Waals surface area (Å²) in [6.07, 6.45) is 3.11. The third kappa shape index (κ3) is 2.92. The molecular weight excluding hydrogens is 356 g/mol. The van der Waals surface area contributed by atoms with Crippen molar-refractivity contribution in [1.82, 2.24) is 14.7 Å². The monoisotopic (exact) mass is 373 g/mol. The second kappa shape index (κ2) is 6.64. The Hall–Kier alpha value is -2.54. The molecule has 0 spiro atoms. The minimum atomic E-state index is -0.725. The van der Waals surface area contributed by atoms with Crippen LogP contribution < -0.4 is 0 Å². The van der Waals surface area contributed by atoms with Gasteiger partial charge >= 0.3 is 0 Å². The molecule has 2 aromatic heterocycles. The van der Waals surface area contributed by atoms with Gasteiger partial charge < -0.3 is 4.90 Å². The summed E-state index contributed by atoms with van der Waals surface area (Å²) in [5, 5.41) is 6.26. The van der Waals surface area contributed by atoms with Crippen LogP contribution in [0.25, 0.3) is 16.3 Å². The first kappa shape index (κ1) is 16.9. The van der Waals surface area contributed by atoms with E-state index < -0.39 is 11.6 Å². The van der Waals surface area contributed by atoms with Crippen molar-refractivity contribution in [1.29, 1.82) is 0 Å². The molecular formula is C19H17F2N3OS. The van der Waals surface area contributed by atoms with E-state index in [1.54, 1.807) is 18.0 Å². The maximum atomic E-state index is 14.3. The van der Waals surface area contributed by atoms with Crippen molar-refractivity contribution in [3.63, 3.8) is 0 Å². The van der Waals surface area contributed by atoms with Crippen molar-refractivity contribution in [2.24, 2.45) is 0 Å². The van der Waals surface area contributed by atoms with Gasteiger partial charge in [-0.1, -0.05) is 6.07 Å². The van der Waals surface area contributed by atoms with Gasteiger partial charge in [-0.05, 0) is 48.9 Å². The number of rotatable bonds is 4. The lowest BCUT2D eigenvalue weighted by Gasteiger charge is -2.34. The van der Waals surface area contributed by atoms with Crippen molar-refractivity contribution in [3.05, 3.63) is 59.1 Å². The van der Waals surface area contributed by atoms with E-state index in [0.29, 0.717) is 5.69 Å². The molecule has 0 bridgehead atoms. The maximum absolute atomic E-state index is 14.3. The quantitative estimate of drug-likeness (QED) is 0.675. The topological polar surface area (TPSA) is 38.1 Å². The van der Waals surface area contributed by atoms with Crippen LogP contribution in [0.3, 0.4) is 0 Å². The molecule has 0 N–H and O–H groups in total. The van der Waals surface area contributed by atoms with Crippen LogP contribution in [0.4, 0.5) is 8.78 Å². The number of thiophene rings is 1. The molecule has 4 rings (SSSR count). The van der Waals surface area contributed by atoms with E-state index in [4.69, 9.17) is 0 Å². The van der Waals surface area contributed by atoms with Crippen molar-refractivity contribution < 1.29 is 13.6 Å². The minimum absolute atomic E-state index is 0.111. The predicted molar refractivity (Wildman–Crippen MR) is 96.5 cm³/mol. The summed E-state index contributed by atoms with van der Waals surface area (Å²) in [4.78, 5) is 15.3. The van der Waals surface area contributed by atoms with E-state index in [1.807, 2.05) is 17.5 Å². The summed E-state index contributed by atoms with van der Waals surface area (Å²) in [5.41, 5.74) is 0.975. The van der Waals surface area contributed by atoms with Crippen LogP contribution in [0.15, 0.2) is 41.8 Å². The van der Waals surface area contributed by atoms with Gasteiger partial charge in [-0.2, -0.15) is 5.10 Å². The molecule has 0 aliphatic heterocycles. The lowest BCUT2D eigenvalue weighted by Crippen LogP contribution is -2.41. The van der Waals surface area contributed by atoms with Gasteiger partial charge in [-0.3, -0.25) is 4.79 Å². The van der Waals surface area contributed by atoms with Crippen LogP contribution in [0, 0.1) is 11.6 Å². The molecule has 3 aromatic rings. The number of halogens is 2. The molecule has 1 saturated carbocycles. The Bertz CT molecular complexity index is 948. The molecule has 26 heavy (non-hydrogen) atoms. The number of aromatic nitrogens is 2. The maximum Gasteiger partial charge on any atom is 0.274 e. The molecule has 1 aliphatic rings. The SMILES string of the molecule is CN(C(=O)c1cc(-c2cccs2)n(-c2ccc(F)cc2F)n1)C1CCC1. The van der Waals surface area contributed by atoms with Gasteiger partial charge in [0.2, 0.25) is 0 Å². The third-order valence-electron chi connectivity index (χ3n) is 4.78. The molecule has 0 radical (unpaired) electrons. The van der Waals surface area contributed by atoms with Crippen LogP contribution in [-0.4, -0.2) is 33.7 Å². The fraction of sp³-hybridized carbons (Fsp3) is 0.263. The van der Waals surface area contributed by atoms with Crippen LogP contribution in [0.5, 0.6) is 0 Å². The average molecular weight is 373 g/mol. The Labute approximate surface area is 153 Å². The largest absolute Gasteiger partial charge is 0.337 e. The molecule has 134 valence electrons. The molecule has 1 fully saturated rings. The standard InChI is InChI=1S/C19H17F2N3OS/c1-23(13-4-2-5-13)19(25)15-11-17(18-6-3-9-26-18)24(22-15)16-8-7-12(20)10-14(16)21/h3,6-11,13H,2,4-5H2,1H3. The van der Waals surface area contributed by atoms with E-state index >= 15 is 0 Å². The number of amides is 1. The van der Waals surface area contributed by atoms with Crippen LogP contribution in [-0.2, 0) is 0 Å². The van der Waals surface area contributed by atoms with Crippen molar-refractivity contribution in [3.8, 4) is 16.3 Å². The van der Waals surface area contributed by atoms with E-state index in [2.05, 4.69) is 5.10 Å². The van der Waals surface area contributed by atoms with Gasteiger partial charge in [-0.15, -0.1) is 11.3 Å². The summed E-state index contributed by atoms with van der Waals surface area (Å²) in [6, 6.07) is 8.99. The molecule has 1 amide bonds. The van der Waals surface area contributed by atoms with Gasteiger partial charge in [0.1, 0.15) is 11.5 Å². The number of benzene rings is 1. The zero-order valence-electron chi connectivity index (χ0n) is 14.2. The van der Waals surface area contributed by atoms with Gasteiger partial charge in [0.15, 0.2) is 11.5 Å². The van der Waals surface area contributed by atoms with Crippen molar-refractivity contribution in [2.45, 2.75) is 25.3 Å². The number of hydrogen-bond donors (Lipinski definition) is 0. The van der Waals surface area contributed by atoms with E-state index in [-0.39, 0.29) is 23.3 Å². The Morgan fingerprint density at radius 1 is 1.27 bits per heavy atom. The first-order valence-corrected chi connectivity index (χ1v) is 9.29. The summed E-state index contributed by atoms with van der Waals surface area (Å²) in [6.45, 7) is 0. The molecule has 1 aromatic carbocycles. The zero-order chi connectivity index (χ0) is 18.3. The number of carbonyl (C=O) groups is 1. The van der Waals surface area contributed by atoms with E-state index in [9.17, 15) is 13.6 Å². The second-order valence-electron chi connectivity index (χ2n) is 6.40. The highest BCUT2D eigenvalue weighted by atomic mass is 32.1. The Morgan fingerprint density at radius 3 is 2.69 bits per heavy atom. The Balaban J connectivity index is 1.79. The predicted octanol–water partition coefficient (Wildman–Crippen LogP) is 4.50. The first-order chi connectivity index (χ1) is 12.5. The van der Waals surface area contributed by atoms with E-state index in [1.165, 1.54) is 28.2 Å². The highest BCUT2D eigenvalue weighted by molar-refractivity contribution is 7.13. The average Bonchev–Trinajstić information content (AvgIpc) is 3.21. The zero-order valence-corrected chi connectivity index (χ0v) is 15.0. The lowest BCUT2D eigenvalue weighted by molar-refractivity contribution is 0.0645. The van der Waals surface area contributed by atoms with Crippen LogP contribution in [0.2, 0.25) is 0 Å². The van der Waals surface area contributed by atoms with Gasteiger partial charge in [0.05, 0.1) is 10.6 Å². The highest BCUT2D eigenvalue weighted by Crippen LogP contribution is 2.30. The molecule has 4 nitrogen and oxygen atoms in total. The molecule has 1 aliphatic carbocycles. The number of nitrogens with zero attached hydrogens (tertiary/aromatic N) is 3. The summed E-state index contributed by atoms with van der Waals surface area (Å²) in [7, 11) is 1.77. The fourth-order valence-corrected chi connectivity index (χ4v) is 3.77. The van der Waals surface area contributed by atoms with Gasteiger partial charge in [0.25, 0.3) is 5.91 Å². The van der Waals surface area contributed by atoms with Crippen LogP contribution >= 0.6 is 11.3 Å². The Morgan fingerprint density at radius 2 is 2.08 bits per heavy atom. The minimum Gasteiger partial charge on any atom is -0.337 e. The normalized spacial score (nSPS) is 14.3. The van der Waals surface area contributed by atoms with Gasteiger partial charge in [0, 0.05) is 19.2 Å². The van der Waals surface area contributed by atoms with Gasteiger partial charge in [-0.25, -0.2) is 13.5 Å². The lowest BCUT2D eigenvalue weighted by atomic mass is 9.92.